The van der Waals surface area contributed by atoms with E-state index in [0.717, 1.165) is 19.6 Å². The summed E-state index contributed by atoms with van der Waals surface area (Å²) in [5.74, 6) is 0. The Bertz CT molecular complexity index is 44.3. The molecule has 0 aromatic carbocycles. The largest absolute Gasteiger partial charge is 0.396 e. The second-order valence-electron chi connectivity index (χ2n) is 1.79. The van der Waals surface area contributed by atoms with E-state index in [0.29, 0.717) is 6.61 Å². The van der Waals surface area contributed by atoms with Crippen molar-refractivity contribution in [1.29, 1.82) is 0 Å². The summed E-state index contributed by atoms with van der Waals surface area (Å²) in [5.41, 5.74) is 0. The molecule has 9 heavy (non-hydrogen) atoms. The lowest BCUT2D eigenvalue weighted by atomic mass is 10.5. The van der Waals surface area contributed by atoms with E-state index in [1.54, 1.807) is 0 Å². The first-order chi connectivity index (χ1) is 4.41. The number of hydrogen-bond donors (Lipinski definition) is 2. The second-order valence-corrected chi connectivity index (χ2v) is 1.79. The fourth-order valence-electron chi connectivity index (χ4n) is 0.443. The highest BCUT2D eigenvalue weighted by molar-refractivity contribution is 4.36. The number of hydrogen-bond acceptors (Lipinski definition) is 3. The third-order valence-corrected chi connectivity index (χ3v) is 0.943. The van der Waals surface area contributed by atoms with Crippen molar-refractivity contribution in [2.45, 2.75) is 6.42 Å². The summed E-state index contributed by atoms with van der Waals surface area (Å²) in [4.78, 5) is 0. The topological polar surface area (TPSA) is 41.5 Å². The summed E-state index contributed by atoms with van der Waals surface area (Å²) in [6.07, 6.45) is 0.740. The molecule has 0 aliphatic rings. The molecule has 0 aromatic heterocycles. The molecule has 0 rings (SSSR count). The SMILES string of the molecule is CNCCOCCCO. The minimum absolute atomic E-state index is 0.222. The lowest BCUT2D eigenvalue weighted by Gasteiger charge is -2.00. The molecule has 3 nitrogen and oxygen atoms in total. The molecule has 0 aliphatic carbocycles. The van der Waals surface area contributed by atoms with Crippen LogP contribution in [-0.4, -0.2) is 38.5 Å². The molecular formula is C6H15NO2. The normalized spacial score (nSPS) is 10.0. The maximum atomic E-state index is 8.33. The second kappa shape index (κ2) is 7.88. The summed E-state index contributed by atoms with van der Waals surface area (Å²) in [5, 5.41) is 11.3. The van der Waals surface area contributed by atoms with Gasteiger partial charge in [0.25, 0.3) is 0 Å². The molecule has 0 aliphatic heterocycles. The van der Waals surface area contributed by atoms with Crippen LogP contribution in [0.25, 0.3) is 0 Å². The summed E-state index contributed by atoms with van der Waals surface area (Å²) in [7, 11) is 1.88. The standard InChI is InChI=1S/C6H15NO2/c1-7-3-6-9-5-2-4-8/h7-8H,2-6H2,1H3. The molecule has 0 unspecified atom stereocenters. The van der Waals surface area contributed by atoms with Crippen molar-refractivity contribution < 1.29 is 9.84 Å². The van der Waals surface area contributed by atoms with Crippen LogP contribution < -0.4 is 5.32 Å². The van der Waals surface area contributed by atoms with Crippen molar-refractivity contribution in [2.75, 3.05) is 33.4 Å². The van der Waals surface area contributed by atoms with Gasteiger partial charge in [-0.15, -0.1) is 0 Å². The van der Waals surface area contributed by atoms with Crippen LogP contribution in [0, 0.1) is 0 Å². The van der Waals surface area contributed by atoms with Gasteiger partial charge in [0.1, 0.15) is 0 Å². The van der Waals surface area contributed by atoms with Crippen molar-refractivity contribution in [1.82, 2.24) is 5.32 Å². The minimum atomic E-state index is 0.222. The number of rotatable bonds is 6. The zero-order valence-corrected chi connectivity index (χ0v) is 5.89. The molecule has 0 bridgehead atoms. The maximum absolute atomic E-state index is 8.33. The van der Waals surface area contributed by atoms with E-state index in [4.69, 9.17) is 9.84 Å². The fourth-order valence-corrected chi connectivity index (χ4v) is 0.443. The first-order valence-corrected chi connectivity index (χ1v) is 3.25. The molecule has 0 atom stereocenters. The fraction of sp³-hybridized carbons (Fsp3) is 1.00. The number of nitrogens with one attached hydrogen (secondary N) is 1. The van der Waals surface area contributed by atoms with Crippen LogP contribution in [-0.2, 0) is 4.74 Å². The molecule has 3 heteroatoms. The van der Waals surface area contributed by atoms with E-state index < -0.39 is 0 Å². The van der Waals surface area contributed by atoms with Crippen LogP contribution in [0.15, 0.2) is 0 Å². The molecular weight excluding hydrogens is 118 g/mol. The summed E-state index contributed by atoms with van der Waals surface area (Å²) < 4.78 is 5.09. The average Bonchev–Trinajstić information content (AvgIpc) is 1.89. The van der Waals surface area contributed by atoms with Gasteiger partial charge in [0, 0.05) is 19.8 Å². The molecule has 0 saturated heterocycles. The van der Waals surface area contributed by atoms with Gasteiger partial charge in [-0.2, -0.15) is 0 Å². The minimum Gasteiger partial charge on any atom is -0.396 e. The molecule has 0 saturated carbocycles. The first-order valence-electron chi connectivity index (χ1n) is 3.25. The van der Waals surface area contributed by atoms with Gasteiger partial charge >= 0.3 is 0 Å². The van der Waals surface area contributed by atoms with Gasteiger partial charge < -0.3 is 15.2 Å². The van der Waals surface area contributed by atoms with Gasteiger partial charge in [-0.1, -0.05) is 0 Å². The van der Waals surface area contributed by atoms with Crippen LogP contribution in [0.1, 0.15) is 6.42 Å². The highest BCUT2D eigenvalue weighted by atomic mass is 16.5. The van der Waals surface area contributed by atoms with E-state index >= 15 is 0 Å². The first kappa shape index (κ1) is 8.88. The Kier molecular flexibility index (Phi) is 7.77. The molecule has 0 fully saturated rings. The van der Waals surface area contributed by atoms with Crippen molar-refractivity contribution >= 4 is 0 Å². The van der Waals surface area contributed by atoms with E-state index in [1.807, 2.05) is 7.05 Å². The van der Waals surface area contributed by atoms with Crippen molar-refractivity contribution in [3.8, 4) is 0 Å². The Morgan fingerprint density at radius 3 is 2.78 bits per heavy atom. The monoisotopic (exact) mass is 133 g/mol. The Labute approximate surface area is 56.0 Å². The van der Waals surface area contributed by atoms with E-state index in [1.165, 1.54) is 0 Å². The van der Waals surface area contributed by atoms with Gasteiger partial charge in [-0.25, -0.2) is 0 Å². The number of ether oxygens (including phenoxy) is 1. The van der Waals surface area contributed by atoms with Crippen LogP contribution in [0.3, 0.4) is 0 Å². The number of aliphatic hydroxyl groups excluding tert-OH is 1. The molecule has 56 valence electrons. The van der Waals surface area contributed by atoms with Gasteiger partial charge in [-0.05, 0) is 13.5 Å². The van der Waals surface area contributed by atoms with Crippen LogP contribution in [0.4, 0.5) is 0 Å². The molecule has 0 amide bonds. The van der Waals surface area contributed by atoms with Crippen molar-refractivity contribution in [3.05, 3.63) is 0 Å². The lowest BCUT2D eigenvalue weighted by Crippen LogP contribution is -2.14. The third kappa shape index (κ3) is 7.88. The summed E-state index contributed by atoms with van der Waals surface area (Å²) >= 11 is 0. The highest BCUT2D eigenvalue weighted by Crippen LogP contribution is 1.78. The number of likely N-dealkylation sites (N-methyl/N-ethyl adjacent to an activating group) is 1. The average molecular weight is 133 g/mol. The van der Waals surface area contributed by atoms with Crippen LogP contribution in [0.5, 0.6) is 0 Å². The van der Waals surface area contributed by atoms with Gasteiger partial charge in [0.05, 0.1) is 6.61 Å². The number of aliphatic hydroxyl groups is 1. The molecule has 0 aromatic rings. The van der Waals surface area contributed by atoms with E-state index in [9.17, 15) is 0 Å². The zero-order valence-electron chi connectivity index (χ0n) is 5.89. The molecule has 2 N–H and O–H groups in total. The predicted octanol–water partition coefficient (Wildman–Crippen LogP) is -0.395. The third-order valence-electron chi connectivity index (χ3n) is 0.943. The predicted molar refractivity (Wildman–Crippen MR) is 36.4 cm³/mol. The molecule has 0 spiro atoms. The van der Waals surface area contributed by atoms with Crippen LogP contribution >= 0.6 is 0 Å². The van der Waals surface area contributed by atoms with Crippen LogP contribution in [0.2, 0.25) is 0 Å². The van der Waals surface area contributed by atoms with E-state index in [-0.39, 0.29) is 6.61 Å². The van der Waals surface area contributed by atoms with E-state index in [2.05, 4.69) is 5.32 Å². The lowest BCUT2D eigenvalue weighted by molar-refractivity contribution is 0.119. The smallest absolute Gasteiger partial charge is 0.0590 e. The summed E-state index contributed by atoms with van der Waals surface area (Å²) in [6, 6.07) is 0. The van der Waals surface area contributed by atoms with Gasteiger partial charge in [0.15, 0.2) is 0 Å². The van der Waals surface area contributed by atoms with Crippen molar-refractivity contribution in [3.63, 3.8) is 0 Å². The Morgan fingerprint density at radius 2 is 2.22 bits per heavy atom. The molecule has 0 radical (unpaired) electrons. The van der Waals surface area contributed by atoms with Crippen molar-refractivity contribution in [2.24, 2.45) is 0 Å². The highest BCUT2D eigenvalue weighted by Gasteiger charge is 1.84. The van der Waals surface area contributed by atoms with Gasteiger partial charge in [-0.3, -0.25) is 0 Å². The molecule has 0 heterocycles. The Morgan fingerprint density at radius 1 is 1.44 bits per heavy atom. The summed E-state index contributed by atoms with van der Waals surface area (Å²) in [6.45, 7) is 2.50. The van der Waals surface area contributed by atoms with Gasteiger partial charge in [0.2, 0.25) is 0 Å². The maximum Gasteiger partial charge on any atom is 0.0590 e. The quantitative estimate of drug-likeness (QED) is 0.485. The Hall–Kier alpha value is -0.120. The Balaban J connectivity index is 2.60. The zero-order chi connectivity index (χ0) is 6.95.